The summed E-state index contributed by atoms with van der Waals surface area (Å²) < 4.78 is 21.9. The third-order valence-electron chi connectivity index (χ3n) is 1.96. The quantitative estimate of drug-likeness (QED) is 0.724. The van der Waals surface area contributed by atoms with Crippen LogP contribution in [0.4, 0.5) is 0 Å². The molecule has 0 heterocycles. The van der Waals surface area contributed by atoms with Crippen molar-refractivity contribution in [3.05, 3.63) is 0 Å². The lowest BCUT2D eigenvalue weighted by Crippen LogP contribution is -2.24. The largest absolute Gasteiger partial charge is 0.299 e. The van der Waals surface area contributed by atoms with E-state index in [-0.39, 0.29) is 22.9 Å². The molecule has 0 fully saturated rings. The van der Waals surface area contributed by atoms with E-state index in [9.17, 15) is 13.2 Å². The Morgan fingerprint density at radius 2 is 1.71 bits per heavy atom. The van der Waals surface area contributed by atoms with Gasteiger partial charge in [0.15, 0.2) is 0 Å². The molecule has 84 valence electrons. The zero-order valence-electron chi connectivity index (χ0n) is 9.62. The van der Waals surface area contributed by atoms with Crippen LogP contribution in [0.15, 0.2) is 0 Å². The van der Waals surface area contributed by atoms with Crippen molar-refractivity contribution in [2.24, 2.45) is 11.3 Å². The second kappa shape index (κ2) is 4.43. The molecule has 0 aliphatic rings. The molecule has 0 rings (SSSR count). The predicted octanol–water partition coefficient (Wildman–Crippen LogP) is 1.67. The smallest absolute Gasteiger partial charge is 0.147 e. The molecule has 0 N–H and O–H groups in total. The summed E-state index contributed by atoms with van der Waals surface area (Å²) >= 11 is 0. The van der Waals surface area contributed by atoms with Crippen molar-refractivity contribution in [3.63, 3.8) is 0 Å². The van der Waals surface area contributed by atoms with Crippen LogP contribution in [-0.2, 0) is 14.6 Å². The van der Waals surface area contributed by atoms with Crippen LogP contribution in [0.5, 0.6) is 0 Å². The molecule has 0 aliphatic heterocycles. The van der Waals surface area contributed by atoms with Gasteiger partial charge in [0, 0.05) is 18.1 Å². The SMILES string of the molecule is CC(CC(=O)C(C)(C)C)CS(C)(=O)=O. The van der Waals surface area contributed by atoms with Crippen molar-refractivity contribution in [2.75, 3.05) is 12.0 Å². The maximum absolute atomic E-state index is 11.6. The predicted molar refractivity (Wildman–Crippen MR) is 58.0 cm³/mol. The van der Waals surface area contributed by atoms with Crippen molar-refractivity contribution in [2.45, 2.75) is 34.1 Å². The number of carbonyl (C=O) groups excluding carboxylic acids is 1. The molecule has 0 radical (unpaired) electrons. The molecular formula is C10H20O3S. The van der Waals surface area contributed by atoms with Crippen molar-refractivity contribution >= 4 is 15.6 Å². The molecule has 0 saturated carbocycles. The maximum Gasteiger partial charge on any atom is 0.147 e. The highest BCUT2D eigenvalue weighted by atomic mass is 32.2. The average Bonchev–Trinajstić information content (AvgIpc) is 1.79. The first kappa shape index (κ1) is 13.6. The highest BCUT2D eigenvalue weighted by molar-refractivity contribution is 7.90. The lowest BCUT2D eigenvalue weighted by Gasteiger charge is -2.19. The molecule has 14 heavy (non-hydrogen) atoms. The summed E-state index contributed by atoms with van der Waals surface area (Å²) in [6, 6.07) is 0. The summed E-state index contributed by atoms with van der Waals surface area (Å²) in [7, 11) is -2.97. The number of hydrogen-bond donors (Lipinski definition) is 0. The van der Waals surface area contributed by atoms with Gasteiger partial charge in [-0.15, -0.1) is 0 Å². The van der Waals surface area contributed by atoms with E-state index in [0.29, 0.717) is 6.42 Å². The molecule has 0 amide bonds. The molecular weight excluding hydrogens is 200 g/mol. The summed E-state index contributed by atoms with van der Waals surface area (Å²) in [5.41, 5.74) is -0.369. The number of ketones is 1. The van der Waals surface area contributed by atoms with E-state index in [1.54, 1.807) is 6.92 Å². The third kappa shape index (κ3) is 6.13. The van der Waals surface area contributed by atoms with Gasteiger partial charge in [0.05, 0.1) is 5.75 Å². The first-order chi connectivity index (χ1) is 6.02. The summed E-state index contributed by atoms with van der Waals surface area (Å²) in [5.74, 6) is 0.125. The molecule has 0 spiro atoms. The second-order valence-electron chi connectivity index (χ2n) is 5.07. The van der Waals surface area contributed by atoms with E-state index in [1.807, 2.05) is 20.8 Å². The van der Waals surface area contributed by atoms with Crippen molar-refractivity contribution in [1.82, 2.24) is 0 Å². The number of hydrogen-bond acceptors (Lipinski definition) is 3. The van der Waals surface area contributed by atoms with Crippen LogP contribution in [0.1, 0.15) is 34.1 Å². The molecule has 1 atom stereocenters. The molecule has 0 aromatic heterocycles. The summed E-state index contributed by atoms with van der Waals surface area (Å²) in [5, 5.41) is 0. The summed E-state index contributed by atoms with van der Waals surface area (Å²) in [6.45, 7) is 7.35. The van der Waals surface area contributed by atoms with Gasteiger partial charge in [0.25, 0.3) is 0 Å². The highest BCUT2D eigenvalue weighted by Crippen LogP contribution is 2.20. The molecule has 3 nitrogen and oxygen atoms in total. The number of Topliss-reactive ketones (excluding diaryl/α,β-unsaturated/α-hetero) is 1. The monoisotopic (exact) mass is 220 g/mol. The topological polar surface area (TPSA) is 51.2 Å². The second-order valence-corrected chi connectivity index (χ2v) is 7.26. The Morgan fingerprint density at radius 1 is 1.29 bits per heavy atom. The minimum atomic E-state index is -2.97. The van der Waals surface area contributed by atoms with Crippen molar-refractivity contribution in [3.8, 4) is 0 Å². The van der Waals surface area contributed by atoms with E-state index in [1.165, 1.54) is 6.26 Å². The van der Waals surface area contributed by atoms with Gasteiger partial charge in [-0.1, -0.05) is 27.7 Å². The molecule has 0 bridgehead atoms. The molecule has 0 aliphatic carbocycles. The molecule has 0 saturated heterocycles. The van der Waals surface area contributed by atoms with Crippen LogP contribution >= 0.6 is 0 Å². The van der Waals surface area contributed by atoms with E-state index < -0.39 is 9.84 Å². The Hall–Kier alpha value is -0.380. The lowest BCUT2D eigenvalue weighted by atomic mass is 9.86. The van der Waals surface area contributed by atoms with Gasteiger partial charge in [0.2, 0.25) is 0 Å². The third-order valence-corrected chi connectivity index (χ3v) is 3.13. The zero-order valence-corrected chi connectivity index (χ0v) is 10.4. The van der Waals surface area contributed by atoms with Gasteiger partial charge in [-0.3, -0.25) is 4.79 Å². The van der Waals surface area contributed by atoms with E-state index >= 15 is 0 Å². The minimum Gasteiger partial charge on any atom is -0.299 e. The van der Waals surface area contributed by atoms with Crippen LogP contribution < -0.4 is 0 Å². The Bertz CT molecular complexity index is 296. The first-order valence-corrected chi connectivity index (χ1v) is 6.79. The summed E-state index contributed by atoms with van der Waals surface area (Å²) in [4.78, 5) is 11.6. The standard InChI is InChI=1S/C10H20O3S/c1-8(7-14(5,12)13)6-9(11)10(2,3)4/h8H,6-7H2,1-5H3. The maximum atomic E-state index is 11.6. The fourth-order valence-corrected chi connectivity index (χ4v) is 2.35. The number of carbonyl (C=O) groups is 1. The van der Waals surface area contributed by atoms with E-state index in [4.69, 9.17) is 0 Å². The van der Waals surface area contributed by atoms with Gasteiger partial charge in [-0.25, -0.2) is 8.42 Å². The lowest BCUT2D eigenvalue weighted by molar-refractivity contribution is -0.126. The van der Waals surface area contributed by atoms with Crippen LogP contribution in [0, 0.1) is 11.3 Å². The molecule has 1 unspecified atom stereocenters. The Balaban J connectivity index is 4.22. The molecule has 0 aromatic rings. The minimum absolute atomic E-state index is 0.0864. The van der Waals surface area contributed by atoms with Crippen molar-refractivity contribution < 1.29 is 13.2 Å². The fourth-order valence-electron chi connectivity index (χ4n) is 1.20. The Labute approximate surface area is 86.8 Å². The van der Waals surface area contributed by atoms with Crippen LogP contribution in [0.25, 0.3) is 0 Å². The Kier molecular flexibility index (Phi) is 4.31. The van der Waals surface area contributed by atoms with Gasteiger partial charge in [0.1, 0.15) is 15.6 Å². The van der Waals surface area contributed by atoms with Gasteiger partial charge in [-0.2, -0.15) is 0 Å². The molecule has 0 aromatic carbocycles. The van der Waals surface area contributed by atoms with Crippen molar-refractivity contribution in [1.29, 1.82) is 0 Å². The normalized spacial score (nSPS) is 15.2. The zero-order chi connectivity index (χ0) is 11.6. The average molecular weight is 220 g/mol. The van der Waals surface area contributed by atoms with Gasteiger partial charge >= 0.3 is 0 Å². The van der Waals surface area contributed by atoms with Crippen LogP contribution in [0.2, 0.25) is 0 Å². The number of sulfone groups is 1. The summed E-state index contributed by atoms with van der Waals surface area (Å²) in [6.07, 6.45) is 1.54. The van der Waals surface area contributed by atoms with Crippen LogP contribution in [0.3, 0.4) is 0 Å². The molecule has 4 heteroatoms. The van der Waals surface area contributed by atoms with Gasteiger partial charge in [-0.05, 0) is 5.92 Å². The van der Waals surface area contributed by atoms with E-state index in [2.05, 4.69) is 0 Å². The van der Waals surface area contributed by atoms with E-state index in [0.717, 1.165) is 0 Å². The Morgan fingerprint density at radius 3 is 2.00 bits per heavy atom. The highest BCUT2D eigenvalue weighted by Gasteiger charge is 2.24. The van der Waals surface area contributed by atoms with Crippen LogP contribution in [-0.4, -0.2) is 26.2 Å². The number of rotatable bonds is 4. The fraction of sp³-hybridized carbons (Fsp3) is 0.900. The first-order valence-electron chi connectivity index (χ1n) is 4.73. The van der Waals surface area contributed by atoms with Gasteiger partial charge < -0.3 is 0 Å².